The van der Waals surface area contributed by atoms with Gasteiger partial charge in [0, 0.05) is 18.0 Å². The van der Waals surface area contributed by atoms with Gasteiger partial charge in [0.05, 0.1) is 0 Å². The molecule has 4 heteroatoms. The zero-order valence-corrected chi connectivity index (χ0v) is 15.8. The number of aliphatic hydroxyl groups is 1. The Kier molecular flexibility index (Phi) is 5.07. The van der Waals surface area contributed by atoms with Crippen molar-refractivity contribution >= 4 is 5.97 Å². The quantitative estimate of drug-likeness (QED) is 0.836. The van der Waals surface area contributed by atoms with E-state index in [-0.39, 0.29) is 12.0 Å². The van der Waals surface area contributed by atoms with Gasteiger partial charge in [-0.05, 0) is 51.1 Å². The monoisotopic (exact) mass is 357 g/mol. The standard InChI is InChI=1S/C22H31NO3/c1-23-18-12-14-19(23)20(15-13-18)26-21(24)22(25,16-8-4-2-5-9-16)17-10-6-3-7-11-17/h2,4-5,8-9,17-20,25H,3,6-7,10-15H2,1H3/t18-,19+,20-,22+/m0/s1. The van der Waals surface area contributed by atoms with E-state index in [0.717, 1.165) is 44.9 Å². The number of carbonyl (C=O) groups is 1. The van der Waals surface area contributed by atoms with Crippen molar-refractivity contribution in [1.29, 1.82) is 0 Å². The van der Waals surface area contributed by atoms with Crippen LogP contribution in [0.4, 0.5) is 0 Å². The Balaban J connectivity index is 1.58. The van der Waals surface area contributed by atoms with Crippen LogP contribution in [0, 0.1) is 5.92 Å². The first-order valence-corrected chi connectivity index (χ1v) is 10.3. The van der Waals surface area contributed by atoms with Gasteiger partial charge in [-0.1, -0.05) is 49.6 Å². The van der Waals surface area contributed by atoms with Crippen molar-refractivity contribution in [3.8, 4) is 0 Å². The largest absolute Gasteiger partial charge is 0.458 e. The predicted octanol–water partition coefficient (Wildman–Crippen LogP) is 3.62. The van der Waals surface area contributed by atoms with E-state index >= 15 is 0 Å². The van der Waals surface area contributed by atoms with Gasteiger partial charge in [-0.2, -0.15) is 0 Å². The van der Waals surface area contributed by atoms with Gasteiger partial charge in [0.1, 0.15) is 6.10 Å². The number of carbonyl (C=O) groups excluding carboxylic acids is 1. The van der Waals surface area contributed by atoms with Crippen LogP contribution < -0.4 is 0 Å². The molecule has 142 valence electrons. The predicted molar refractivity (Wildman–Crippen MR) is 101 cm³/mol. The van der Waals surface area contributed by atoms with Crippen LogP contribution in [0.25, 0.3) is 0 Å². The van der Waals surface area contributed by atoms with Crippen LogP contribution in [0.5, 0.6) is 0 Å². The van der Waals surface area contributed by atoms with Gasteiger partial charge in [0.15, 0.2) is 5.60 Å². The molecule has 0 unspecified atom stereocenters. The van der Waals surface area contributed by atoms with Crippen molar-refractivity contribution in [3.05, 3.63) is 35.9 Å². The van der Waals surface area contributed by atoms with Crippen LogP contribution in [0.2, 0.25) is 0 Å². The lowest BCUT2D eigenvalue weighted by molar-refractivity contribution is -0.186. The second kappa shape index (κ2) is 7.32. The molecule has 0 spiro atoms. The highest BCUT2D eigenvalue weighted by molar-refractivity contribution is 5.81. The minimum atomic E-state index is -1.52. The molecule has 4 rings (SSSR count). The lowest BCUT2D eigenvalue weighted by Crippen LogP contribution is -2.51. The molecule has 4 atom stereocenters. The number of fused-ring (bicyclic) bond motifs is 2. The zero-order chi connectivity index (χ0) is 18.1. The van der Waals surface area contributed by atoms with Crippen LogP contribution in [0.3, 0.4) is 0 Å². The number of likely N-dealkylation sites (N-methyl/N-ethyl adjacent to an activating group) is 1. The van der Waals surface area contributed by atoms with E-state index < -0.39 is 11.6 Å². The molecular formula is C22H31NO3. The molecule has 2 saturated heterocycles. The number of hydrogen-bond donors (Lipinski definition) is 1. The van der Waals surface area contributed by atoms with Crippen molar-refractivity contribution in [3.63, 3.8) is 0 Å². The Morgan fingerprint density at radius 1 is 1.04 bits per heavy atom. The van der Waals surface area contributed by atoms with E-state index in [1.54, 1.807) is 0 Å². The van der Waals surface area contributed by atoms with Gasteiger partial charge in [-0.25, -0.2) is 4.79 Å². The average molecular weight is 357 g/mol. The molecule has 1 saturated carbocycles. The summed E-state index contributed by atoms with van der Waals surface area (Å²) in [7, 11) is 2.15. The molecule has 2 bridgehead atoms. The molecule has 1 aromatic rings. The van der Waals surface area contributed by atoms with E-state index in [4.69, 9.17) is 4.74 Å². The summed E-state index contributed by atoms with van der Waals surface area (Å²) in [6.07, 6.45) is 9.30. The molecular weight excluding hydrogens is 326 g/mol. The van der Waals surface area contributed by atoms with E-state index in [1.165, 1.54) is 12.8 Å². The van der Waals surface area contributed by atoms with Crippen LogP contribution in [0.15, 0.2) is 30.3 Å². The van der Waals surface area contributed by atoms with Crippen molar-refractivity contribution in [2.45, 2.75) is 81.6 Å². The summed E-state index contributed by atoms with van der Waals surface area (Å²) in [5.41, 5.74) is -0.833. The second-order valence-electron chi connectivity index (χ2n) is 8.45. The molecule has 0 aromatic heterocycles. The van der Waals surface area contributed by atoms with E-state index in [9.17, 15) is 9.90 Å². The molecule has 0 radical (unpaired) electrons. The van der Waals surface area contributed by atoms with Crippen LogP contribution >= 0.6 is 0 Å². The lowest BCUT2D eigenvalue weighted by Gasteiger charge is -2.41. The third kappa shape index (κ3) is 3.07. The van der Waals surface area contributed by atoms with Crippen molar-refractivity contribution in [1.82, 2.24) is 4.90 Å². The van der Waals surface area contributed by atoms with Crippen molar-refractivity contribution in [2.75, 3.05) is 7.05 Å². The first kappa shape index (κ1) is 18.0. The normalized spacial score (nSPS) is 32.2. The van der Waals surface area contributed by atoms with Crippen molar-refractivity contribution in [2.24, 2.45) is 5.92 Å². The third-order valence-corrected chi connectivity index (χ3v) is 7.09. The summed E-state index contributed by atoms with van der Waals surface area (Å²) in [5, 5.41) is 11.7. The van der Waals surface area contributed by atoms with Crippen LogP contribution in [0.1, 0.15) is 63.4 Å². The molecule has 2 aliphatic heterocycles. The maximum Gasteiger partial charge on any atom is 0.343 e. The Morgan fingerprint density at radius 3 is 2.46 bits per heavy atom. The fourth-order valence-electron chi connectivity index (χ4n) is 5.48. The highest BCUT2D eigenvalue weighted by Crippen LogP contribution is 2.42. The summed E-state index contributed by atoms with van der Waals surface area (Å²) in [6, 6.07) is 10.4. The number of hydrogen-bond acceptors (Lipinski definition) is 4. The summed E-state index contributed by atoms with van der Waals surface area (Å²) in [4.78, 5) is 15.7. The van der Waals surface area contributed by atoms with Crippen molar-refractivity contribution < 1.29 is 14.6 Å². The maximum absolute atomic E-state index is 13.3. The SMILES string of the molecule is CN1[C@@H]2CC[C@H](OC(=O)[C@@](O)(c3ccccc3)C3CCCCC3)[C@H]1CC2. The smallest absolute Gasteiger partial charge is 0.343 e. The Bertz CT molecular complexity index is 628. The first-order valence-electron chi connectivity index (χ1n) is 10.3. The number of piperidine rings is 1. The Hall–Kier alpha value is -1.39. The van der Waals surface area contributed by atoms with E-state index in [1.807, 2.05) is 30.3 Å². The number of nitrogens with zero attached hydrogens (tertiary/aromatic N) is 1. The first-order chi connectivity index (χ1) is 12.6. The lowest BCUT2D eigenvalue weighted by atomic mass is 9.73. The highest BCUT2D eigenvalue weighted by Gasteiger charge is 2.50. The highest BCUT2D eigenvalue weighted by atomic mass is 16.6. The van der Waals surface area contributed by atoms with Crippen LogP contribution in [-0.2, 0) is 15.1 Å². The fraction of sp³-hybridized carbons (Fsp3) is 0.682. The van der Waals surface area contributed by atoms with E-state index in [0.29, 0.717) is 17.6 Å². The molecule has 1 aliphatic carbocycles. The summed E-state index contributed by atoms with van der Waals surface area (Å²) < 4.78 is 6.03. The summed E-state index contributed by atoms with van der Waals surface area (Å²) in [6.45, 7) is 0. The zero-order valence-electron chi connectivity index (χ0n) is 15.8. The van der Waals surface area contributed by atoms with Gasteiger partial charge < -0.3 is 9.84 Å². The van der Waals surface area contributed by atoms with E-state index in [2.05, 4.69) is 11.9 Å². The van der Waals surface area contributed by atoms with Gasteiger partial charge in [0.25, 0.3) is 0 Å². The van der Waals surface area contributed by atoms with Gasteiger partial charge >= 0.3 is 5.97 Å². The fourth-order valence-corrected chi connectivity index (χ4v) is 5.48. The molecule has 26 heavy (non-hydrogen) atoms. The molecule has 1 aromatic carbocycles. The molecule has 0 amide bonds. The Morgan fingerprint density at radius 2 is 1.73 bits per heavy atom. The number of esters is 1. The van der Waals surface area contributed by atoms with Gasteiger partial charge in [-0.3, -0.25) is 4.90 Å². The molecule has 2 heterocycles. The number of rotatable bonds is 4. The topological polar surface area (TPSA) is 49.8 Å². The molecule has 3 aliphatic rings. The Labute approximate surface area is 156 Å². The van der Waals surface area contributed by atoms with Gasteiger partial charge in [0.2, 0.25) is 0 Å². The number of ether oxygens (including phenoxy) is 1. The minimum Gasteiger partial charge on any atom is -0.458 e. The maximum atomic E-state index is 13.3. The summed E-state index contributed by atoms with van der Waals surface area (Å²) >= 11 is 0. The van der Waals surface area contributed by atoms with Crippen LogP contribution in [-0.4, -0.2) is 41.2 Å². The average Bonchev–Trinajstić information content (AvgIpc) is 2.92. The molecule has 4 nitrogen and oxygen atoms in total. The second-order valence-corrected chi connectivity index (χ2v) is 8.45. The number of benzene rings is 1. The minimum absolute atomic E-state index is 0.0520. The summed E-state index contributed by atoms with van der Waals surface area (Å²) in [5.74, 6) is -0.483. The van der Waals surface area contributed by atoms with Gasteiger partial charge in [-0.15, -0.1) is 0 Å². The molecule has 3 fully saturated rings. The third-order valence-electron chi connectivity index (χ3n) is 7.09. The molecule has 1 N–H and O–H groups in total.